The molecule has 6 heterocycles. The molecule has 5 aromatic rings. The van der Waals surface area contributed by atoms with Crippen molar-refractivity contribution in [2.75, 3.05) is 24.2 Å². The molecule has 0 spiro atoms. The van der Waals surface area contributed by atoms with Gasteiger partial charge in [-0.1, -0.05) is 6.07 Å². The van der Waals surface area contributed by atoms with E-state index in [2.05, 4.69) is 34.0 Å². The summed E-state index contributed by atoms with van der Waals surface area (Å²) in [4.78, 5) is 32.0. The van der Waals surface area contributed by atoms with Gasteiger partial charge in [-0.15, -0.1) is 0 Å². The number of H-pyrrole nitrogens is 1. The lowest BCUT2D eigenvalue weighted by Crippen LogP contribution is -2.45. The Morgan fingerprint density at radius 3 is 2.65 bits per heavy atom. The molecular formula is C28H28N6O5S. The van der Waals surface area contributed by atoms with E-state index in [1.807, 2.05) is 36.4 Å². The van der Waals surface area contributed by atoms with Crippen LogP contribution in [0.1, 0.15) is 30.0 Å². The van der Waals surface area contributed by atoms with Crippen LogP contribution in [0.2, 0.25) is 0 Å². The summed E-state index contributed by atoms with van der Waals surface area (Å²) in [7, 11) is -3.50. The highest BCUT2D eigenvalue weighted by Gasteiger charge is 2.24. The number of rotatable bonds is 6. The van der Waals surface area contributed by atoms with Gasteiger partial charge in [-0.05, 0) is 44.2 Å². The Labute approximate surface area is 230 Å². The van der Waals surface area contributed by atoms with Gasteiger partial charge < -0.3 is 24.4 Å². The lowest BCUT2D eigenvalue weighted by atomic mass is 10.1. The number of furan rings is 1. The topological polar surface area (TPSA) is 143 Å². The molecule has 0 saturated carbocycles. The molecule has 0 radical (unpaired) electrons. The first kappa shape index (κ1) is 26.0. The molecule has 0 unspecified atom stereocenters. The summed E-state index contributed by atoms with van der Waals surface area (Å²) < 4.78 is 35.0. The van der Waals surface area contributed by atoms with Crippen molar-refractivity contribution in [3.05, 3.63) is 66.3 Å². The maximum absolute atomic E-state index is 12.8. The molecule has 5 aromatic heterocycles. The van der Waals surface area contributed by atoms with Gasteiger partial charge in [-0.3, -0.25) is 9.78 Å². The average Bonchev–Trinajstić information content (AvgIpc) is 3.52. The number of anilines is 1. The minimum absolute atomic E-state index is 0.00807. The van der Waals surface area contributed by atoms with E-state index in [0.717, 1.165) is 53.7 Å². The van der Waals surface area contributed by atoms with Gasteiger partial charge in [0.1, 0.15) is 28.2 Å². The molecule has 1 aliphatic rings. The number of carbonyl (C=O) groups is 1. The number of ether oxygens (including phenoxy) is 1. The maximum Gasteiger partial charge on any atom is 0.268 e. The second-order valence-electron chi connectivity index (χ2n) is 10.1. The van der Waals surface area contributed by atoms with E-state index in [1.54, 1.807) is 6.20 Å². The fourth-order valence-corrected chi connectivity index (χ4v) is 5.70. The van der Waals surface area contributed by atoms with Crippen LogP contribution in [0.5, 0.6) is 0 Å². The van der Waals surface area contributed by atoms with Crippen LogP contribution in [0.3, 0.4) is 0 Å². The predicted molar refractivity (Wildman–Crippen MR) is 150 cm³/mol. The van der Waals surface area contributed by atoms with Gasteiger partial charge in [0.25, 0.3) is 5.91 Å². The molecule has 0 aliphatic carbocycles. The molecule has 40 heavy (non-hydrogen) atoms. The fourth-order valence-electron chi connectivity index (χ4n) is 4.95. The monoisotopic (exact) mass is 560 g/mol. The van der Waals surface area contributed by atoms with Crippen LogP contribution >= 0.6 is 0 Å². The highest BCUT2D eigenvalue weighted by Crippen LogP contribution is 2.26. The van der Waals surface area contributed by atoms with Crippen LogP contribution in [0.15, 0.2) is 64.2 Å². The molecule has 2 N–H and O–H groups in total. The highest BCUT2D eigenvalue weighted by atomic mass is 32.2. The number of amides is 1. The van der Waals surface area contributed by atoms with Gasteiger partial charge in [-0.25, -0.2) is 18.4 Å². The normalized spacial score (nSPS) is 17.9. The number of morpholine rings is 1. The van der Waals surface area contributed by atoms with Crippen LogP contribution in [-0.4, -0.2) is 65.8 Å². The van der Waals surface area contributed by atoms with Crippen LogP contribution in [0.4, 0.5) is 5.82 Å². The number of nitrogens with zero attached hydrogens (tertiary/aromatic N) is 4. The molecule has 2 atom stereocenters. The van der Waals surface area contributed by atoms with Crippen molar-refractivity contribution in [1.29, 1.82) is 0 Å². The largest absolute Gasteiger partial charge is 0.461 e. The summed E-state index contributed by atoms with van der Waals surface area (Å²) in [6, 6.07) is 13.1. The van der Waals surface area contributed by atoms with Gasteiger partial charge in [0.05, 0.1) is 41.4 Å². The van der Waals surface area contributed by atoms with E-state index in [-0.39, 0.29) is 34.9 Å². The van der Waals surface area contributed by atoms with Crippen molar-refractivity contribution in [2.24, 2.45) is 0 Å². The molecule has 1 fully saturated rings. The second kappa shape index (κ2) is 10.0. The van der Waals surface area contributed by atoms with Crippen molar-refractivity contribution >= 4 is 43.6 Å². The van der Waals surface area contributed by atoms with Crippen molar-refractivity contribution in [3.63, 3.8) is 0 Å². The number of aromatic nitrogens is 4. The third-order valence-corrected chi connectivity index (χ3v) is 7.86. The van der Waals surface area contributed by atoms with Crippen LogP contribution in [0.25, 0.3) is 33.4 Å². The summed E-state index contributed by atoms with van der Waals surface area (Å²) >= 11 is 0. The zero-order valence-corrected chi connectivity index (χ0v) is 23.0. The van der Waals surface area contributed by atoms with Gasteiger partial charge in [0, 0.05) is 37.0 Å². The lowest BCUT2D eigenvalue weighted by Gasteiger charge is -2.36. The van der Waals surface area contributed by atoms with Crippen LogP contribution < -0.4 is 10.2 Å². The van der Waals surface area contributed by atoms with Crippen LogP contribution in [-0.2, 0) is 21.1 Å². The molecule has 11 nitrogen and oxygen atoms in total. The molecule has 1 amide bonds. The smallest absolute Gasteiger partial charge is 0.268 e. The van der Waals surface area contributed by atoms with Crippen molar-refractivity contribution in [1.82, 2.24) is 25.3 Å². The number of pyridine rings is 3. The van der Waals surface area contributed by atoms with E-state index >= 15 is 0 Å². The van der Waals surface area contributed by atoms with Crippen molar-refractivity contribution in [2.45, 2.75) is 37.5 Å². The SMILES string of the molecule is C[C@@H]1CN(c2cccc(-c3ccc4cnc(CNC(=O)c5cc6occ(S(C)(=O)=O)c6[nH]5)cc4n3)n2)C[C@H](C)O1. The second-order valence-corrected chi connectivity index (χ2v) is 12.1. The number of nitrogens with one attached hydrogen (secondary N) is 2. The van der Waals surface area contributed by atoms with Gasteiger partial charge in [0.15, 0.2) is 15.4 Å². The molecule has 0 aromatic carbocycles. The Morgan fingerprint density at radius 1 is 1.10 bits per heavy atom. The van der Waals surface area contributed by atoms with E-state index in [0.29, 0.717) is 11.3 Å². The quantitative estimate of drug-likeness (QED) is 0.318. The van der Waals surface area contributed by atoms with E-state index in [4.69, 9.17) is 19.1 Å². The Balaban J connectivity index is 1.20. The molecule has 1 aliphatic heterocycles. The minimum atomic E-state index is -3.50. The van der Waals surface area contributed by atoms with Crippen molar-refractivity contribution < 1.29 is 22.4 Å². The van der Waals surface area contributed by atoms with Gasteiger partial charge in [-0.2, -0.15) is 0 Å². The Bertz CT molecular complexity index is 1840. The summed E-state index contributed by atoms with van der Waals surface area (Å²) in [5, 5.41) is 3.67. The average molecular weight is 561 g/mol. The van der Waals surface area contributed by atoms with Gasteiger partial charge in [0.2, 0.25) is 0 Å². The number of hydrogen-bond acceptors (Lipinski definition) is 9. The summed E-state index contributed by atoms with van der Waals surface area (Å²) in [6.45, 7) is 5.84. The molecule has 206 valence electrons. The summed E-state index contributed by atoms with van der Waals surface area (Å²) in [5.74, 6) is 0.474. The first-order chi connectivity index (χ1) is 19.1. The number of sulfone groups is 1. The highest BCUT2D eigenvalue weighted by molar-refractivity contribution is 7.91. The van der Waals surface area contributed by atoms with E-state index in [1.165, 1.54) is 6.07 Å². The number of carbonyl (C=O) groups excluding carboxylic acids is 1. The molecule has 6 rings (SSSR count). The fraction of sp³-hybridized carbons (Fsp3) is 0.286. The number of hydrogen-bond donors (Lipinski definition) is 2. The Kier molecular flexibility index (Phi) is 6.51. The molecular weight excluding hydrogens is 532 g/mol. The van der Waals surface area contributed by atoms with Gasteiger partial charge >= 0.3 is 0 Å². The zero-order chi connectivity index (χ0) is 28.0. The zero-order valence-electron chi connectivity index (χ0n) is 22.2. The van der Waals surface area contributed by atoms with E-state index in [9.17, 15) is 13.2 Å². The first-order valence-corrected chi connectivity index (χ1v) is 14.7. The molecule has 0 bridgehead atoms. The molecule has 1 saturated heterocycles. The number of fused-ring (bicyclic) bond motifs is 2. The Morgan fingerprint density at radius 2 is 1.88 bits per heavy atom. The summed E-state index contributed by atoms with van der Waals surface area (Å²) in [6.07, 6.45) is 4.22. The third-order valence-electron chi connectivity index (χ3n) is 6.77. The van der Waals surface area contributed by atoms with Crippen LogP contribution in [0, 0.1) is 0 Å². The first-order valence-electron chi connectivity index (χ1n) is 12.9. The standard InChI is InChI=1S/C28H28N6O5S/c1-16-13-34(14-17(2)39-16)26-6-4-5-20(32-26)21-8-7-18-11-29-19(9-22(18)31-21)12-30-28(35)23-10-24-27(33-23)25(15-38-24)40(3,36)37/h4-11,15-17,33H,12-14H2,1-3H3,(H,30,35)/t16-,17+. The van der Waals surface area contributed by atoms with E-state index < -0.39 is 15.7 Å². The number of aromatic amines is 1. The van der Waals surface area contributed by atoms with Crippen molar-refractivity contribution in [3.8, 4) is 11.4 Å². The predicted octanol–water partition coefficient (Wildman–Crippen LogP) is 3.71. The molecule has 12 heteroatoms. The summed E-state index contributed by atoms with van der Waals surface area (Å²) in [5.41, 5.74) is 3.60. The lowest BCUT2D eigenvalue weighted by molar-refractivity contribution is -0.00545. The maximum atomic E-state index is 12.8. The minimum Gasteiger partial charge on any atom is -0.461 e. The Hall–Kier alpha value is -4.29. The third kappa shape index (κ3) is 5.15.